The smallest absolute Gasteiger partial charge is 0.0528 e. The highest BCUT2D eigenvalue weighted by Gasteiger charge is 2.01. The summed E-state index contributed by atoms with van der Waals surface area (Å²) in [7, 11) is 2.04. The molecule has 0 saturated carbocycles. The summed E-state index contributed by atoms with van der Waals surface area (Å²) in [5, 5.41) is 9.15. The average molecular weight is 227 g/mol. The number of allylic oxidation sites excluding steroid dienone is 3. The van der Waals surface area contributed by atoms with Crippen LogP contribution in [-0.4, -0.2) is 29.7 Å². The Bertz CT molecular complexity index is 207. The zero-order chi connectivity index (χ0) is 13.1. The van der Waals surface area contributed by atoms with Crippen LogP contribution >= 0.6 is 0 Å². The summed E-state index contributed by atoms with van der Waals surface area (Å²) in [6.07, 6.45) is 3.67. The lowest BCUT2D eigenvalue weighted by Crippen LogP contribution is -2.20. The van der Waals surface area contributed by atoms with Gasteiger partial charge in [-0.05, 0) is 32.8 Å². The van der Waals surface area contributed by atoms with Crippen LogP contribution in [0.1, 0.15) is 47.5 Å². The van der Waals surface area contributed by atoms with Crippen molar-refractivity contribution < 1.29 is 5.11 Å². The molecule has 0 spiro atoms. The molecule has 2 nitrogen and oxygen atoms in total. The molecule has 0 bridgehead atoms. The van der Waals surface area contributed by atoms with Crippen molar-refractivity contribution in [2.75, 3.05) is 13.6 Å². The van der Waals surface area contributed by atoms with Gasteiger partial charge in [0.05, 0.1) is 6.10 Å². The zero-order valence-corrected chi connectivity index (χ0v) is 11.9. The monoisotopic (exact) mass is 227 g/mol. The topological polar surface area (TPSA) is 23.5 Å². The largest absolute Gasteiger partial charge is 0.393 e. The van der Waals surface area contributed by atoms with Gasteiger partial charge in [-0.15, -0.1) is 0 Å². The Kier molecular flexibility index (Phi) is 11.8. The molecule has 0 aromatic heterocycles. The first-order valence-electron chi connectivity index (χ1n) is 6.22. The molecule has 0 aromatic carbocycles. The maximum absolute atomic E-state index is 9.15. The Balaban J connectivity index is 0. The minimum Gasteiger partial charge on any atom is -0.393 e. The third-order valence-electron chi connectivity index (χ3n) is 2.35. The van der Waals surface area contributed by atoms with Gasteiger partial charge in [0, 0.05) is 19.3 Å². The van der Waals surface area contributed by atoms with Gasteiger partial charge in [-0.1, -0.05) is 32.9 Å². The molecule has 1 atom stereocenters. The molecule has 0 amide bonds. The highest BCUT2D eigenvalue weighted by Crippen LogP contribution is 2.08. The van der Waals surface area contributed by atoms with Gasteiger partial charge in [0.1, 0.15) is 0 Å². The highest BCUT2D eigenvalue weighted by molar-refractivity contribution is 5.18. The van der Waals surface area contributed by atoms with Gasteiger partial charge < -0.3 is 10.0 Å². The molecule has 1 N–H and O–H groups in total. The van der Waals surface area contributed by atoms with Crippen molar-refractivity contribution in [3.8, 4) is 0 Å². The van der Waals surface area contributed by atoms with Crippen LogP contribution in [-0.2, 0) is 0 Å². The van der Waals surface area contributed by atoms with E-state index in [4.69, 9.17) is 5.11 Å². The lowest BCUT2D eigenvalue weighted by atomic mass is 10.2. The Labute approximate surface area is 102 Å². The Morgan fingerprint density at radius 2 is 1.94 bits per heavy atom. The molecule has 0 rings (SSSR count). The second-order valence-corrected chi connectivity index (χ2v) is 3.86. The lowest BCUT2D eigenvalue weighted by Gasteiger charge is -2.20. The fourth-order valence-electron chi connectivity index (χ4n) is 1.06. The van der Waals surface area contributed by atoms with Crippen molar-refractivity contribution in [3.63, 3.8) is 0 Å². The van der Waals surface area contributed by atoms with Crippen molar-refractivity contribution in [3.05, 3.63) is 23.9 Å². The molecule has 0 aliphatic rings. The number of aliphatic hydroxyl groups is 1. The Morgan fingerprint density at radius 3 is 2.31 bits per heavy atom. The van der Waals surface area contributed by atoms with E-state index in [1.165, 1.54) is 5.70 Å². The number of aliphatic hydroxyl groups excluding tert-OH is 1. The zero-order valence-electron chi connectivity index (χ0n) is 11.9. The van der Waals surface area contributed by atoms with E-state index in [-0.39, 0.29) is 6.10 Å². The molecule has 0 unspecified atom stereocenters. The highest BCUT2D eigenvalue weighted by atomic mass is 16.3. The molecule has 0 saturated heterocycles. The fraction of sp³-hybridized carbons (Fsp3) is 0.714. The first-order chi connectivity index (χ1) is 7.47. The van der Waals surface area contributed by atoms with Crippen molar-refractivity contribution in [1.82, 2.24) is 4.90 Å². The van der Waals surface area contributed by atoms with E-state index < -0.39 is 0 Å². The summed E-state index contributed by atoms with van der Waals surface area (Å²) >= 11 is 0. The van der Waals surface area contributed by atoms with Crippen molar-refractivity contribution in [2.24, 2.45) is 0 Å². The van der Waals surface area contributed by atoms with E-state index in [9.17, 15) is 0 Å². The third-order valence-corrected chi connectivity index (χ3v) is 2.35. The molecule has 0 radical (unpaired) electrons. The van der Waals surface area contributed by atoms with Crippen LogP contribution in [0.5, 0.6) is 0 Å². The summed E-state index contributed by atoms with van der Waals surface area (Å²) in [6.45, 7) is 14.8. The summed E-state index contributed by atoms with van der Waals surface area (Å²) < 4.78 is 0. The predicted octanol–water partition coefficient (Wildman–Crippen LogP) is 3.59. The van der Waals surface area contributed by atoms with Crippen LogP contribution in [0.4, 0.5) is 0 Å². The number of nitrogens with zero attached hydrogens (tertiary/aromatic N) is 1. The molecule has 16 heavy (non-hydrogen) atoms. The van der Waals surface area contributed by atoms with Crippen LogP contribution < -0.4 is 0 Å². The SMILES string of the molecule is C=C(/C=C(/C)N(C)CC[C@H](C)O)CC.CC. The molecule has 0 aliphatic heterocycles. The van der Waals surface area contributed by atoms with Crippen molar-refractivity contribution in [2.45, 2.75) is 53.6 Å². The quantitative estimate of drug-likeness (QED) is 0.701. The molecule has 96 valence electrons. The van der Waals surface area contributed by atoms with Crippen molar-refractivity contribution >= 4 is 0 Å². The second kappa shape index (κ2) is 10.7. The lowest BCUT2D eigenvalue weighted by molar-refractivity contribution is 0.171. The summed E-state index contributed by atoms with van der Waals surface area (Å²) in [6, 6.07) is 0. The van der Waals surface area contributed by atoms with Gasteiger partial charge in [0.25, 0.3) is 0 Å². The molecule has 0 aliphatic carbocycles. The normalized spacial score (nSPS) is 12.6. The molecule has 0 heterocycles. The standard InChI is InChI=1S/C12H23NO.C2H6/c1-6-10(2)9-11(3)13(5)8-7-12(4)14;1-2/h9,12,14H,2,6-8H2,1,3-5H3;1-2H3/b11-9-;/t12-;/m0./s1. The maximum atomic E-state index is 9.15. The van der Waals surface area contributed by atoms with Gasteiger partial charge in [-0.3, -0.25) is 0 Å². The predicted molar refractivity (Wildman–Crippen MR) is 73.5 cm³/mol. The third kappa shape index (κ3) is 9.78. The summed E-state index contributed by atoms with van der Waals surface area (Å²) in [5.41, 5.74) is 2.35. The van der Waals surface area contributed by atoms with E-state index in [1.54, 1.807) is 0 Å². The van der Waals surface area contributed by atoms with E-state index >= 15 is 0 Å². The van der Waals surface area contributed by atoms with Gasteiger partial charge in [0.2, 0.25) is 0 Å². The molecular formula is C14H29NO. The van der Waals surface area contributed by atoms with Crippen LogP contribution in [0.25, 0.3) is 0 Å². The number of hydrogen-bond donors (Lipinski definition) is 1. The Hall–Kier alpha value is -0.760. The van der Waals surface area contributed by atoms with E-state index in [1.807, 2.05) is 27.8 Å². The first-order valence-corrected chi connectivity index (χ1v) is 6.22. The van der Waals surface area contributed by atoms with Crippen LogP contribution in [0.2, 0.25) is 0 Å². The van der Waals surface area contributed by atoms with E-state index in [0.29, 0.717) is 0 Å². The van der Waals surface area contributed by atoms with Gasteiger partial charge in [0.15, 0.2) is 0 Å². The number of rotatable bonds is 6. The number of hydrogen-bond acceptors (Lipinski definition) is 2. The maximum Gasteiger partial charge on any atom is 0.0528 e. The molecular weight excluding hydrogens is 198 g/mol. The van der Waals surface area contributed by atoms with Crippen LogP contribution in [0.3, 0.4) is 0 Å². The minimum atomic E-state index is -0.223. The second-order valence-electron chi connectivity index (χ2n) is 3.86. The van der Waals surface area contributed by atoms with Gasteiger partial charge in [-0.2, -0.15) is 0 Å². The first kappa shape index (κ1) is 17.6. The minimum absolute atomic E-state index is 0.223. The van der Waals surface area contributed by atoms with Gasteiger partial charge in [-0.25, -0.2) is 0 Å². The van der Waals surface area contributed by atoms with Gasteiger partial charge >= 0.3 is 0 Å². The van der Waals surface area contributed by atoms with Crippen LogP contribution in [0, 0.1) is 0 Å². The molecule has 2 heteroatoms. The fourth-order valence-corrected chi connectivity index (χ4v) is 1.06. The van der Waals surface area contributed by atoms with Crippen molar-refractivity contribution in [1.29, 1.82) is 0 Å². The summed E-state index contributed by atoms with van der Waals surface area (Å²) in [4.78, 5) is 2.15. The molecule has 0 aromatic rings. The average Bonchev–Trinajstić information content (AvgIpc) is 2.28. The van der Waals surface area contributed by atoms with E-state index in [0.717, 1.165) is 25.0 Å². The Morgan fingerprint density at radius 1 is 1.44 bits per heavy atom. The van der Waals surface area contributed by atoms with Crippen LogP contribution in [0.15, 0.2) is 23.9 Å². The van der Waals surface area contributed by atoms with E-state index in [2.05, 4.69) is 31.4 Å². The summed E-state index contributed by atoms with van der Waals surface area (Å²) in [5.74, 6) is 0. The molecule has 0 fully saturated rings.